The Hall–Kier alpha value is -2.69. The number of pyridine rings is 2. The zero-order valence-corrected chi connectivity index (χ0v) is 25.4. The van der Waals surface area contributed by atoms with Gasteiger partial charge in [0.05, 0.1) is 10.5 Å². The number of fused-ring (bicyclic) bond motifs is 2. The van der Waals surface area contributed by atoms with Gasteiger partial charge in [0.2, 0.25) is 0 Å². The Balaban J connectivity index is 0.000000244. The van der Waals surface area contributed by atoms with E-state index in [1.807, 2.05) is 24.4 Å². The summed E-state index contributed by atoms with van der Waals surface area (Å²) >= 11 is 6.70. The van der Waals surface area contributed by atoms with Crippen molar-refractivity contribution >= 4 is 28.6 Å². The molecule has 210 valence electrons. The summed E-state index contributed by atoms with van der Waals surface area (Å²) in [6, 6.07) is 10.8. The Morgan fingerprint density at radius 2 is 2.05 bits per heavy atom. The van der Waals surface area contributed by atoms with Gasteiger partial charge in [-0.25, -0.2) is 0 Å². The lowest BCUT2D eigenvalue weighted by atomic mass is 9.83. The Morgan fingerprint density at radius 1 is 1.26 bits per heavy atom. The third-order valence-corrected chi connectivity index (χ3v) is 7.89. The van der Waals surface area contributed by atoms with E-state index in [2.05, 4.69) is 81.3 Å². The quantitative estimate of drug-likeness (QED) is 0.261. The highest BCUT2D eigenvalue weighted by Crippen LogP contribution is 2.38. The van der Waals surface area contributed by atoms with Crippen LogP contribution in [0.25, 0.3) is 17.0 Å². The predicted molar refractivity (Wildman–Crippen MR) is 170 cm³/mol. The Labute approximate surface area is 241 Å². The maximum absolute atomic E-state index is 6.70. The second-order valence-electron chi connectivity index (χ2n) is 11.0. The van der Waals surface area contributed by atoms with Crippen LogP contribution >= 0.6 is 11.6 Å². The highest BCUT2D eigenvalue weighted by atomic mass is 35.5. The van der Waals surface area contributed by atoms with E-state index in [9.17, 15) is 0 Å². The monoisotopic (exact) mass is 546 g/mol. The Morgan fingerprint density at radius 3 is 2.74 bits per heavy atom. The van der Waals surface area contributed by atoms with Gasteiger partial charge in [-0.2, -0.15) is 0 Å². The summed E-state index contributed by atoms with van der Waals surface area (Å²) in [7, 11) is 2.18. The van der Waals surface area contributed by atoms with E-state index < -0.39 is 0 Å². The lowest BCUT2D eigenvalue weighted by Gasteiger charge is -2.26. The van der Waals surface area contributed by atoms with Crippen LogP contribution in [0.3, 0.4) is 0 Å². The maximum Gasteiger partial charge on any atom is 0.0726 e. The summed E-state index contributed by atoms with van der Waals surface area (Å²) in [6.45, 7) is 19.0. The molecule has 0 amide bonds. The van der Waals surface area contributed by atoms with Crippen LogP contribution in [0.2, 0.25) is 5.02 Å². The molecule has 2 unspecified atom stereocenters. The van der Waals surface area contributed by atoms with Gasteiger partial charge in [0.1, 0.15) is 0 Å². The number of allylic oxidation sites excluding steroid dienone is 1. The number of hydrogen-bond acceptors (Lipinski definition) is 4. The first-order valence-corrected chi connectivity index (χ1v) is 14.9. The SMILES string of the molecule is C=C(CCCC)NC(C)CN(C)CCC.C=Cc1ccc2c(Cl)c3c(nc2c1)CC(c1ncccc1C)CC3. The lowest BCUT2D eigenvalue weighted by molar-refractivity contribution is 0.303. The van der Waals surface area contributed by atoms with Crippen LogP contribution in [0.15, 0.2) is 55.4 Å². The van der Waals surface area contributed by atoms with E-state index in [0.29, 0.717) is 12.0 Å². The zero-order valence-electron chi connectivity index (χ0n) is 24.7. The number of hydrogen-bond donors (Lipinski definition) is 1. The zero-order chi connectivity index (χ0) is 28.4. The Kier molecular flexibility index (Phi) is 12.0. The van der Waals surface area contributed by atoms with Gasteiger partial charge in [-0.05, 0) is 94.8 Å². The van der Waals surface area contributed by atoms with Crippen molar-refractivity contribution in [3.8, 4) is 0 Å². The molecule has 2 atom stereocenters. The molecule has 1 N–H and O–H groups in total. The molecule has 0 spiro atoms. The fraction of sp³-hybridized carbons (Fsp3) is 0.471. The fourth-order valence-electron chi connectivity index (χ4n) is 5.49. The third kappa shape index (κ3) is 8.65. The summed E-state index contributed by atoms with van der Waals surface area (Å²) in [5.74, 6) is 0.419. The summed E-state index contributed by atoms with van der Waals surface area (Å²) < 4.78 is 0. The van der Waals surface area contributed by atoms with Gasteiger partial charge in [0.25, 0.3) is 0 Å². The molecule has 1 aromatic carbocycles. The average Bonchev–Trinajstić information content (AvgIpc) is 2.92. The van der Waals surface area contributed by atoms with Crippen LogP contribution in [0, 0.1) is 6.92 Å². The molecule has 2 aromatic heterocycles. The molecule has 4 rings (SSSR count). The van der Waals surface area contributed by atoms with Crippen molar-refractivity contribution < 1.29 is 0 Å². The van der Waals surface area contributed by atoms with Crippen molar-refractivity contribution in [2.24, 2.45) is 0 Å². The molecule has 39 heavy (non-hydrogen) atoms. The topological polar surface area (TPSA) is 41.0 Å². The molecule has 5 heteroatoms. The molecular formula is C34H47ClN4. The van der Waals surface area contributed by atoms with Gasteiger partial charge in [0.15, 0.2) is 0 Å². The van der Waals surface area contributed by atoms with Gasteiger partial charge >= 0.3 is 0 Å². The van der Waals surface area contributed by atoms with Crippen LogP contribution in [0.1, 0.15) is 86.9 Å². The number of aromatic nitrogens is 2. The van der Waals surface area contributed by atoms with Crippen molar-refractivity contribution in [3.63, 3.8) is 0 Å². The molecule has 0 aliphatic heterocycles. The van der Waals surface area contributed by atoms with Crippen molar-refractivity contribution in [2.75, 3.05) is 20.1 Å². The normalized spacial score (nSPS) is 15.3. The summed E-state index contributed by atoms with van der Waals surface area (Å²) in [4.78, 5) is 11.9. The van der Waals surface area contributed by atoms with Gasteiger partial charge in [-0.3, -0.25) is 9.97 Å². The smallest absolute Gasteiger partial charge is 0.0726 e. The van der Waals surface area contributed by atoms with Crippen LogP contribution in [-0.4, -0.2) is 41.0 Å². The Bertz CT molecular complexity index is 1250. The molecule has 2 heterocycles. The summed E-state index contributed by atoms with van der Waals surface area (Å²) in [5.41, 5.74) is 7.99. The van der Waals surface area contributed by atoms with Gasteiger partial charge in [-0.1, -0.05) is 69.3 Å². The third-order valence-electron chi connectivity index (χ3n) is 7.46. The van der Waals surface area contributed by atoms with Gasteiger partial charge in [0, 0.05) is 47.2 Å². The second kappa shape index (κ2) is 15.2. The molecule has 0 radical (unpaired) electrons. The minimum absolute atomic E-state index is 0.419. The first-order chi connectivity index (χ1) is 18.8. The van der Waals surface area contributed by atoms with Crippen LogP contribution in [0.5, 0.6) is 0 Å². The predicted octanol–water partition coefficient (Wildman–Crippen LogP) is 8.52. The van der Waals surface area contributed by atoms with Gasteiger partial charge in [-0.15, -0.1) is 0 Å². The number of rotatable bonds is 11. The minimum atomic E-state index is 0.419. The molecule has 1 aliphatic carbocycles. The van der Waals surface area contributed by atoms with Crippen molar-refractivity contribution in [1.82, 2.24) is 20.2 Å². The van der Waals surface area contributed by atoms with E-state index in [-0.39, 0.29) is 0 Å². The molecule has 4 nitrogen and oxygen atoms in total. The molecule has 0 saturated carbocycles. The number of likely N-dealkylation sites (N-methyl/N-ethyl adjacent to an activating group) is 1. The van der Waals surface area contributed by atoms with E-state index in [4.69, 9.17) is 16.6 Å². The molecule has 0 fully saturated rings. The van der Waals surface area contributed by atoms with Crippen molar-refractivity contribution in [1.29, 1.82) is 0 Å². The van der Waals surface area contributed by atoms with Crippen LogP contribution in [-0.2, 0) is 12.8 Å². The highest BCUT2D eigenvalue weighted by molar-refractivity contribution is 6.36. The fourth-order valence-corrected chi connectivity index (χ4v) is 5.85. The van der Waals surface area contributed by atoms with Gasteiger partial charge < -0.3 is 10.2 Å². The number of unbranched alkanes of at least 4 members (excludes halogenated alkanes) is 1. The lowest BCUT2D eigenvalue weighted by Crippen LogP contribution is -2.37. The molecule has 0 bridgehead atoms. The number of nitrogens with one attached hydrogen (secondary N) is 1. The number of benzene rings is 1. The van der Waals surface area contributed by atoms with E-state index >= 15 is 0 Å². The van der Waals surface area contributed by atoms with Crippen LogP contribution in [0.4, 0.5) is 0 Å². The second-order valence-corrected chi connectivity index (χ2v) is 11.4. The number of nitrogens with zero attached hydrogens (tertiary/aromatic N) is 3. The van der Waals surface area contributed by atoms with Crippen LogP contribution < -0.4 is 5.32 Å². The molecular weight excluding hydrogens is 500 g/mol. The highest BCUT2D eigenvalue weighted by Gasteiger charge is 2.26. The first kappa shape index (κ1) is 30.8. The standard InChI is InChI=1S/C21H19ClN2.C13H28N2/c1-3-14-6-8-16-18(11-14)24-19-12-15(7-9-17(19)20(16)22)21-13(2)5-4-10-23-21;1-6-8-9-12(3)14-13(4)11-15(5)10-7-2/h3-6,8,10-11,15H,1,7,9,12H2,2H3;13-14H,3,6-11H2,1-2,4-5H3. The summed E-state index contributed by atoms with van der Waals surface area (Å²) in [6.07, 6.45) is 11.5. The number of aryl methyl sites for hydroxylation is 1. The van der Waals surface area contributed by atoms with Crippen molar-refractivity contribution in [2.45, 2.75) is 84.6 Å². The number of halogens is 1. The largest absolute Gasteiger partial charge is 0.385 e. The van der Waals surface area contributed by atoms with Crippen molar-refractivity contribution in [3.05, 3.63) is 88.5 Å². The first-order valence-electron chi connectivity index (χ1n) is 14.5. The molecule has 3 aromatic rings. The van der Waals surface area contributed by atoms with E-state index in [0.717, 1.165) is 59.4 Å². The maximum atomic E-state index is 6.70. The minimum Gasteiger partial charge on any atom is -0.385 e. The summed E-state index contributed by atoms with van der Waals surface area (Å²) in [5, 5.41) is 5.37. The molecule has 0 saturated heterocycles. The average molecular weight is 547 g/mol. The van der Waals surface area contributed by atoms with E-state index in [1.165, 1.54) is 48.3 Å². The molecule has 1 aliphatic rings. The van der Waals surface area contributed by atoms with E-state index in [1.54, 1.807) is 0 Å².